The van der Waals surface area contributed by atoms with E-state index in [0.717, 1.165) is 0 Å². The molecule has 0 saturated heterocycles. The van der Waals surface area contributed by atoms with Gasteiger partial charge in [-0.05, 0) is 42.9 Å². The van der Waals surface area contributed by atoms with E-state index in [1.807, 2.05) is 6.92 Å². The summed E-state index contributed by atoms with van der Waals surface area (Å²) in [6.45, 7) is 3.73. The SMILES string of the molecule is CCN(CCS(=O)(=O)c1ccc(Cl)cc1)CC(=O)Nc1ccc2c(c1)OCCO2.O=C(O)C(=O)O. The first-order valence-corrected chi connectivity index (χ1v) is 12.4. The van der Waals surface area contributed by atoms with E-state index in [9.17, 15) is 13.2 Å². The number of nitrogens with zero attached hydrogens (tertiary/aromatic N) is 1. The lowest BCUT2D eigenvalue weighted by Gasteiger charge is -2.21. The summed E-state index contributed by atoms with van der Waals surface area (Å²) in [5.74, 6) is -2.72. The van der Waals surface area contributed by atoms with Crippen LogP contribution in [-0.2, 0) is 24.2 Å². The highest BCUT2D eigenvalue weighted by atomic mass is 35.5. The molecule has 1 amide bonds. The molecule has 190 valence electrons. The van der Waals surface area contributed by atoms with Gasteiger partial charge in [-0.3, -0.25) is 9.69 Å². The molecule has 0 fully saturated rings. The first kappa shape index (κ1) is 27.9. The van der Waals surface area contributed by atoms with E-state index >= 15 is 0 Å². The Labute approximate surface area is 207 Å². The molecule has 3 N–H and O–H groups in total. The van der Waals surface area contributed by atoms with Crippen LogP contribution < -0.4 is 14.8 Å². The van der Waals surface area contributed by atoms with Crippen LogP contribution >= 0.6 is 11.6 Å². The molecule has 3 rings (SSSR count). The molecule has 1 heterocycles. The van der Waals surface area contributed by atoms with Crippen molar-refractivity contribution in [1.29, 1.82) is 0 Å². The van der Waals surface area contributed by atoms with Gasteiger partial charge < -0.3 is 25.0 Å². The number of benzene rings is 2. The van der Waals surface area contributed by atoms with E-state index in [0.29, 0.717) is 42.0 Å². The predicted molar refractivity (Wildman–Crippen MR) is 127 cm³/mol. The van der Waals surface area contributed by atoms with Crippen LogP contribution in [-0.4, -0.2) is 80.0 Å². The number of anilines is 1. The zero-order valence-electron chi connectivity index (χ0n) is 18.8. The van der Waals surface area contributed by atoms with Gasteiger partial charge in [0.25, 0.3) is 0 Å². The second-order valence-electron chi connectivity index (χ2n) is 7.16. The summed E-state index contributed by atoms with van der Waals surface area (Å²) in [5, 5.41) is 18.1. The number of carboxylic acid groups (broad SMARTS) is 2. The molecule has 1 aliphatic heterocycles. The average Bonchev–Trinajstić information content (AvgIpc) is 2.82. The van der Waals surface area contributed by atoms with E-state index in [1.165, 1.54) is 12.1 Å². The number of likely N-dealkylation sites (N-methyl/N-ethyl adjacent to an activating group) is 1. The van der Waals surface area contributed by atoms with E-state index < -0.39 is 21.8 Å². The molecule has 0 saturated carbocycles. The van der Waals surface area contributed by atoms with Crippen LogP contribution in [0.1, 0.15) is 6.92 Å². The predicted octanol–water partition coefficient (Wildman–Crippen LogP) is 2.00. The summed E-state index contributed by atoms with van der Waals surface area (Å²) in [4.78, 5) is 32.6. The van der Waals surface area contributed by atoms with E-state index in [4.69, 9.17) is 40.9 Å². The fourth-order valence-electron chi connectivity index (χ4n) is 2.88. The molecule has 0 spiro atoms. The van der Waals surface area contributed by atoms with Crippen molar-refractivity contribution in [3.63, 3.8) is 0 Å². The molecular formula is C22H25ClN2O9S. The standard InChI is InChI=1S/C20H23ClN2O5S.C2H2O4/c1-2-23(9-12-29(25,26)17-6-3-15(21)4-7-17)14-20(24)22-16-5-8-18-19(13-16)28-11-10-27-18;3-1(4)2(5)6/h3-8,13H,2,9-12,14H2,1H3,(H,22,24);(H,3,4)(H,5,6). The number of aliphatic carboxylic acids is 2. The fourth-order valence-corrected chi connectivity index (χ4v) is 4.29. The van der Waals surface area contributed by atoms with Gasteiger partial charge in [-0.25, -0.2) is 18.0 Å². The number of amides is 1. The number of hydrogen-bond donors (Lipinski definition) is 3. The average molecular weight is 529 g/mol. The number of nitrogens with one attached hydrogen (secondary N) is 1. The quantitative estimate of drug-likeness (QED) is 0.432. The van der Waals surface area contributed by atoms with Crippen molar-refractivity contribution in [2.75, 3.05) is 43.9 Å². The maximum absolute atomic E-state index is 12.5. The van der Waals surface area contributed by atoms with Crippen LogP contribution in [0.4, 0.5) is 5.69 Å². The molecule has 1 aliphatic rings. The summed E-state index contributed by atoms with van der Waals surface area (Å²) >= 11 is 5.81. The Morgan fingerprint density at radius 1 is 1.00 bits per heavy atom. The number of carbonyl (C=O) groups is 3. The first-order valence-electron chi connectivity index (χ1n) is 10.4. The number of ether oxygens (including phenoxy) is 2. The summed E-state index contributed by atoms with van der Waals surface area (Å²) in [6, 6.07) is 11.3. The van der Waals surface area contributed by atoms with Gasteiger partial charge in [0.05, 0.1) is 17.2 Å². The second-order valence-corrected chi connectivity index (χ2v) is 9.70. The summed E-state index contributed by atoms with van der Waals surface area (Å²) < 4.78 is 35.9. The van der Waals surface area contributed by atoms with E-state index in [1.54, 1.807) is 35.2 Å². The normalized spacial score (nSPS) is 12.3. The van der Waals surface area contributed by atoms with Crippen molar-refractivity contribution in [1.82, 2.24) is 4.90 Å². The Morgan fingerprint density at radius 3 is 2.17 bits per heavy atom. The summed E-state index contributed by atoms with van der Waals surface area (Å²) in [7, 11) is -3.45. The molecule has 0 atom stereocenters. The largest absolute Gasteiger partial charge is 0.486 e. The summed E-state index contributed by atoms with van der Waals surface area (Å²) in [5.41, 5.74) is 0.601. The third-order valence-electron chi connectivity index (χ3n) is 4.67. The molecule has 0 unspecified atom stereocenters. The number of halogens is 1. The van der Waals surface area contributed by atoms with Crippen molar-refractivity contribution in [3.8, 4) is 11.5 Å². The molecule has 0 aromatic heterocycles. The number of hydrogen-bond acceptors (Lipinski definition) is 8. The molecule has 2 aromatic rings. The molecule has 2 aromatic carbocycles. The van der Waals surface area contributed by atoms with Crippen LogP contribution in [0.3, 0.4) is 0 Å². The topological polar surface area (TPSA) is 160 Å². The Morgan fingerprint density at radius 2 is 1.60 bits per heavy atom. The summed E-state index contributed by atoms with van der Waals surface area (Å²) in [6.07, 6.45) is 0. The highest BCUT2D eigenvalue weighted by molar-refractivity contribution is 7.91. The minimum absolute atomic E-state index is 0.0836. The molecular weight excluding hydrogens is 504 g/mol. The van der Waals surface area contributed by atoms with Gasteiger partial charge in [0.15, 0.2) is 21.3 Å². The smallest absolute Gasteiger partial charge is 0.414 e. The van der Waals surface area contributed by atoms with Crippen LogP contribution in [0, 0.1) is 0 Å². The Balaban J connectivity index is 0.000000641. The number of fused-ring (bicyclic) bond motifs is 1. The van der Waals surface area contributed by atoms with Crippen molar-refractivity contribution in [3.05, 3.63) is 47.5 Å². The minimum atomic E-state index is -3.45. The lowest BCUT2D eigenvalue weighted by atomic mass is 10.2. The second kappa shape index (κ2) is 12.9. The maximum atomic E-state index is 12.5. The van der Waals surface area contributed by atoms with Crippen LogP contribution in [0.2, 0.25) is 5.02 Å². The Bertz CT molecular complexity index is 1140. The minimum Gasteiger partial charge on any atom is -0.486 e. The number of sulfone groups is 1. The molecule has 11 nitrogen and oxygen atoms in total. The van der Waals surface area contributed by atoms with Gasteiger partial charge in [0.1, 0.15) is 13.2 Å². The Hall–Kier alpha value is -3.35. The zero-order chi connectivity index (χ0) is 26.0. The third-order valence-corrected chi connectivity index (χ3v) is 6.63. The molecule has 0 aliphatic carbocycles. The lowest BCUT2D eigenvalue weighted by molar-refractivity contribution is -0.159. The highest BCUT2D eigenvalue weighted by Gasteiger charge is 2.18. The van der Waals surface area contributed by atoms with Crippen molar-refractivity contribution in [2.24, 2.45) is 0 Å². The van der Waals surface area contributed by atoms with Gasteiger partial charge >= 0.3 is 11.9 Å². The van der Waals surface area contributed by atoms with Gasteiger partial charge in [-0.2, -0.15) is 0 Å². The third kappa shape index (κ3) is 9.08. The zero-order valence-corrected chi connectivity index (χ0v) is 20.3. The molecule has 35 heavy (non-hydrogen) atoms. The Kier molecular flexibility index (Phi) is 10.3. The maximum Gasteiger partial charge on any atom is 0.414 e. The number of rotatable bonds is 8. The lowest BCUT2D eigenvalue weighted by Crippen LogP contribution is -2.36. The highest BCUT2D eigenvalue weighted by Crippen LogP contribution is 2.32. The van der Waals surface area contributed by atoms with Crippen molar-refractivity contribution < 1.29 is 42.5 Å². The van der Waals surface area contributed by atoms with Gasteiger partial charge in [0.2, 0.25) is 5.91 Å². The van der Waals surface area contributed by atoms with E-state index in [2.05, 4.69) is 5.32 Å². The number of carbonyl (C=O) groups excluding carboxylic acids is 1. The van der Waals surface area contributed by atoms with Crippen LogP contribution in [0.5, 0.6) is 11.5 Å². The molecule has 0 radical (unpaired) electrons. The van der Waals surface area contributed by atoms with Crippen LogP contribution in [0.25, 0.3) is 0 Å². The van der Waals surface area contributed by atoms with Crippen molar-refractivity contribution >= 4 is 45.0 Å². The molecule has 13 heteroatoms. The van der Waals surface area contributed by atoms with Crippen molar-refractivity contribution in [2.45, 2.75) is 11.8 Å². The number of carboxylic acids is 2. The van der Waals surface area contributed by atoms with Gasteiger partial charge in [-0.1, -0.05) is 18.5 Å². The van der Waals surface area contributed by atoms with Gasteiger partial charge in [-0.15, -0.1) is 0 Å². The molecule has 0 bridgehead atoms. The van der Waals surface area contributed by atoms with Crippen LogP contribution in [0.15, 0.2) is 47.4 Å². The monoisotopic (exact) mass is 528 g/mol. The first-order chi connectivity index (χ1) is 16.5. The fraction of sp³-hybridized carbons (Fsp3) is 0.318. The van der Waals surface area contributed by atoms with E-state index in [-0.39, 0.29) is 29.6 Å². The van der Waals surface area contributed by atoms with Gasteiger partial charge in [0, 0.05) is 23.3 Å².